The number of ether oxygens (including phenoxy) is 4. The first-order chi connectivity index (χ1) is 18.5. The van der Waals surface area contributed by atoms with Crippen molar-refractivity contribution in [2.45, 2.75) is 74.2 Å². The number of methoxy groups -OCH3 is 1. The minimum Gasteiger partial charge on any atom is -0.493 e. The molecular formula is C27H31NO11. The molecule has 0 saturated carbocycles. The van der Waals surface area contributed by atoms with Gasteiger partial charge < -0.3 is 39.2 Å². The summed E-state index contributed by atoms with van der Waals surface area (Å²) in [5.41, 5.74) is -0.0497. The number of carbonyl (C=O) groups excluding carboxylic acids is 2. The van der Waals surface area contributed by atoms with Crippen LogP contribution in [0.2, 0.25) is 0 Å². The molecule has 5 atom stereocenters. The van der Waals surface area contributed by atoms with Crippen LogP contribution in [0.3, 0.4) is 0 Å². The van der Waals surface area contributed by atoms with Gasteiger partial charge in [-0.05, 0) is 44.1 Å². The summed E-state index contributed by atoms with van der Waals surface area (Å²) in [6.45, 7) is 0.711. The standard InChI is InChI=1S/C27H31NO11/c1-28-12-11-26-22-14-3-4-15(36-2)23(22)39-24(26)16(9-10-27(26,35)18(28)13-14)37-20(31)7-8-21(32)38-17(25(33)34)5-6-19(29)30/h3-4,9,17-18,24,35H,5-8,10-13H2,1-2H3,(H,29,30)(H,33,34)/t17-,18-,24?,26?,27-/m1/s1. The van der Waals surface area contributed by atoms with E-state index in [1.807, 2.05) is 19.2 Å². The highest BCUT2D eigenvalue weighted by Gasteiger charge is 2.72. The lowest BCUT2D eigenvalue weighted by molar-refractivity contribution is -0.170. The number of aliphatic carboxylic acids is 2. The summed E-state index contributed by atoms with van der Waals surface area (Å²) in [7, 11) is 3.53. The van der Waals surface area contributed by atoms with Crippen LogP contribution in [0.5, 0.6) is 11.5 Å². The fourth-order valence-electron chi connectivity index (χ4n) is 6.68. The highest BCUT2D eigenvalue weighted by atomic mass is 16.6. The quantitative estimate of drug-likeness (QED) is 0.359. The molecule has 5 rings (SSSR count). The Labute approximate surface area is 224 Å². The molecule has 12 nitrogen and oxygen atoms in total. The molecule has 1 spiro atoms. The first kappa shape index (κ1) is 26.9. The summed E-state index contributed by atoms with van der Waals surface area (Å²) in [4.78, 5) is 49.1. The van der Waals surface area contributed by atoms with Crippen molar-refractivity contribution in [3.63, 3.8) is 0 Å². The summed E-state index contributed by atoms with van der Waals surface area (Å²) in [5, 5.41) is 30.1. The second kappa shape index (κ2) is 9.83. The zero-order valence-corrected chi connectivity index (χ0v) is 21.7. The fourth-order valence-corrected chi connectivity index (χ4v) is 6.68. The van der Waals surface area contributed by atoms with Crippen LogP contribution in [0, 0.1) is 0 Å². The molecule has 1 fully saturated rings. The van der Waals surface area contributed by atoms with Crippen molar-refractivity contribution in [1.29, 1.82) is 0 Å². The SMILES string of the molecule is COc1ccc2c3c1OC1C(OC(=O)CCC(=O)O[C@H](CCC(=O)O)C(=O)O)=CC[C@@]4(O)[C@@H](C2)N(C)CCC314. The van der Waals surface area contributed by atoms with Crippen molar-refractivity contribution in [1.82, 2.24) is 4.90 Å². The number of rotatable bonds is 10. The molecule has 2 heterocycles. The van der Waals surface area contributed by atoms with E-state index in [2.05, 4.69) is 4.90 Å². The van der Waals surface area contributed by atoms with Gasteiger partial charge in [0.25, 0.3) is 0 Å². The lowest BCUT2D eigenvalue weighted by Gasteiger charge is -2.61. The molecule has 2 aliphatic carbocycles. The maximum Gasteiger partial charge on any atom is 0.345 e. The van der Waals surface area contributed by atoms with Gasteiger partial charge in [-0.15, -0.1) is 0 Å². The van der Waals surface area contributed by atoms with E-state index in [0.29, 0.717) is 30.9 Å². The normalized spacial score (nSPS) is 28.8. The van der Waals surface area contributed by atoms with Crippen molar-refractivity contribution in [2.24, 2.45) is 0 Å². The van der Waals surface area contributed by atoms with Crippen LogP contribution >= 0.6 is 0 Å². The first-order valence-electron chi connectivity index (χ1n) is 12.9. The number of esters is 2. The van der Waals surface area contributed by atoms with Crippen LogP contribution < -0.4 is 9.47 Å². The smallest absolute Gasteiger partial charge is 0.345 e. The molecule has 39 heavy (non-hydrogen) atoms. The zero-order valence-electron chi connectivity index (χ0n) is 21.7. The number of nitrogens with zero attached hydrogens (tertiary/aromatic N) is 1. The predicted octanol–water partition coefficient (Wildman–Crippen LogP) is 1.16. The second-order valence-electron chi connectivity index (χ2n) is 10.5. The Morgan fingerprint density at radius 2 is 1.90 bits per heavy atom. The van der Waals surface area contributed by atoms with Gasteiger partial charge in [-0.2, -0.15) is 0 Å². The largest absolute Gasteiger partial charge is 0.493 e. The third-order valence-electron chi connectivity index (χ3n) is 8.49. The number of aliphatic hydroxyl groups is 1. The van der Waals surface area contributed by atoms with Gasteiger partial charge in [0, 0.05) is 30.9 Å². The topological polar surface area (TPSA) is 169 Å². The number of carboxylic acid groups (broad SMARTS) is 2. The minimum atomic E-state index is -1.62. The van der Waals surface area contributed by atoms with Crippen molar-refractivity contribution in [2.75, 3.05) is 20.7 Å². The molecule has 1 aromatic carbocycles. The van der Waals surface area contributed by atoms with Gasteiger partial charge in [0.2, 0.25) is 0 Å². The van der Waals surface area contributed by atoms with E-state index in [-0.39, 0.29) is 24.6 Å². The molecule has 3 N–H and O–H groups in total. The Morgan fingerprint density at radius 3 is 2.59 bits per heavy atom. The Hall–Kier alpha value is -3.64. The molecule has 0 aromatic heterocycles. The number of likely N-dealkylation sites (N-methyl/N-ethyl adjacent to an activating group) is 1. The Balaban J connectivity index is 1.32. The number of piperidine rings is 1. The Kier molecular flexibility index (Phi) is 6.79. The van der Waals surface area contributed by atoms with Crippen molar-refractivity contribution < 1.29 is 53.4 Å². The fraction of sp³-hybridized carbons (Fsp3) is 0.556. The van der Waals surface area contributed by atoms with Crippen LogP contribution in [-0.4, -0.2) is 88.6 Å². The maximum absolute atomic E-state index is 12.8. The number of benzene rings is 1. The first-order valence-corrected chi connectivity index (χ1v) is 12.9. The lowest BCUT2D eigenvalue weighted by Crippen LogP contribution is -2.74. The number of carbonyl (C=O) groups is 4. The average Bonchev–Trinajstić information content (AvgIpc) is 3.24. The van der Waals surface area contributed by atoms with Crippen molar-refractivity contribution >= 4 is 23.9 Å². The van der Waals surface area contributed by atoms with Crippen molar-refractivity contribution in [3.8, 4) is 11.5 Å². The van der Waals surface area contributed by atoms with Crippen LogP contribution in [0.25, 0.3) is 0 Å². The van der Waals surface area contributed by atoms with Gasteiger partial charge >= 0.3 is 23.9 Å². The van der Waals surface area contributed by atoms with Gasteiger partial charge in [-0.3, -0.25) is 14.4 Å². The van der Waals surface area contributed by atoms with Crippen LogP contribution in [0.1, 0.15) is 49.7 Å². The number of likely N-dealkylation sites (tertiary alicyclic amines) is 1. The summed E-state index contributed by atoms with van der Waals surface area (Å²) >= 11 is 0. The highest BCUT2D eigenvalue weighted by molar-refractivity contribution is 5.81. The van der Waals surface area contributed by atoms with E-state index in [0.717, 1.165) is 11.1 Å². The molecule has 2 aliphatic heterocycles. The van der Waals surface area contributed by atoms with E-state index in [1.54, 1.807) is 13.2 Å². The van der Waals surface area contributed by atoms with E-state index in [1.165, 1.54) is 0 Å². The molecule has 4 aliphatic rings. The van der Waals surface area contributed by atoms with Crippen LogP contribution in [0.15, 0.2) is 24.0 Å². The van der Waals surface area contributed by atoms with Crippen LogP contribution in [-0.2, 0) is 40.5 Å². The summed E-state index contributed by atoms with van der Waals surface area (Å²) in [6.07, 6.45) is -0.988. The van der Waals surface area contributed by atoms with Gasteiger partial charge in [-0.25, -0.2) is 4.79 Å². The summed E-state index contributed by atoms with van der Waals surface area (Å²) in [5.74, 6) is -3.08. The lowest BCUT2D eigenvalue weighted by atomic mass is 9.50. The molecule has 0 radical (unpaired) electrons. The van der Waals surface area contributed by atoms with E-state index in [9.17, 15) is 24.3 Å². The summed E-state index contributed by atoms with van der Waals surface area (Å²) in [6, 6.07) is 3.67. The minimum absolute atomic E-state index is 0.157. The third-order valence-corrected chi connectivity index (χ3v) is 8.49. The second-order valence-corrected chi connectivity index (χ2v) is 10.5. The van der Waals surface area contributed by atoms with Gasteiger partial charge in [-0.1, -0.05) is 6.07 Å². The monoisotopic (exact) mass is 545 g/mol. The average molecular weight is 546 g/mol. The summed E-state index contributed by atoms with van der Waals surface area (Å²) < 4.78 is 22.5. The van der Waals surface area contributed by atoms with E-state index < -0.39 is 66.4 Å². The Morgan fingerprint density at radius 1 is 1.15 bits per heavy atom. The number of hydrogen-bond acceptors (Lipinski definition) is 10. The molecule has 210 valence electrons. The molecule has 1 saturated heterocycles. The zero-order chi connectivity index (χ0) is 28.1. The molecule has 2 bridgehead atoms. The number of carboxylic acids is 2. The van der Waals surface area contributed by atoms with Gasteiger partial charge in [0.15, 0.2) is 23.7 Å². The molecule has 2 unspecified atom stereocenters. The Bertz CT molecular complexity index is 1260. The molecular weight excluding hydrogens is 514 g/mol. The predicted molar refractivity (Wildman–Crippen MR) is 131 cm³/mol. The van der Waals surface area contributed by atoms with Gasteiger partial charge in [0.05, 0.1) is 31.0 Å². The highest BCUT2D eigenvalue weighted by Crippen LogP contribution is 2.65. The molecule has 0 amide bonds. The third kappa shape index (κ3) is 4.22. The molecule has 12 heteroatoms. The van der Waals surface area contributed by atoms with E-state index in [4.69, 9.17) is 29.2 Å². The maximum atomic E-state index is 12.8. The van der Waals surface area contributed by atoms with Crippen LogP contribution in [0.4, 0.5) is 0 Å². The van der Waals surface area contributed by atoms with Gasteiger partial charge in [0.1, 0.15) is 5.76 Å². The molecule has 1 aromatic rings. The van der Waals surface area contributed by atoms with Crippen molar-refractivity contribution in [3.05, 3.63) is 35.1 Å². The number of hydrogen-bond donors (Lipinski definition) is 3. The van der Waals surface area contributed by atoms with E-state index >= 15 is 0 Å².